The zero-order valence-corrected chi connectivity index (χ0v) is 9.64. The molecule has 0 unspecified atom stereocenters. The topological polar surface area (TPSA) is 49.4 Å². The smallest absolute Gasteiger partial charge is 0.263 e. The molecule has 2 saturated heterocycles. The van der Waals surface area contributed by atoms with Crippen molar-refractivity contribution in [3.05, 3.63) is 0 Å². The van der Waals surface area contributed by atoms with E-state index in [1.807, 2.05) is 0 Å². The highest BCUT2D eigenvalue weighted by atomic mass is 19.2. The first-order valence-corrected chi connectivity index (χ1v) is 5.95. The van der Waals surface area contributed by atoms with Crippen LogP contribution in [0.3, 0.4) is 0 Å². The lowest BCUT2D eigenvalue weighted by Gasteiger charge is -2.35. The lowest BCUT2D eigenvalue weighted by Crippen LogP contribution is -2.51. The summed E-state index contributed by atoms with van der Waals surface area (Å²) in [6.07, 6.45) is 0.776. The van der Waals surface area contributed by atoms with E-state index in [1.165, 1.54) is 0 Å². The SMILES string of the molecule is O=C(N1C[C@@]2(F)CNC(=O)[C@@]2(F)C1)C1(F)CCC1. The molecule has 18 heavy (non-hydrogen) atoms. The number of fused-ring (bicyclic) bond motifs is 1. The minimum absolute atomic E-state index is 0.0904. The lowest BCUT2D eigenvalue weighted by atomic mass is 9.81. The predicted molar refractivity (Wildman–Crippen MR) is 55.0 cm³/mol. The molecule has 0 radical (unpaired) electrons. The average Bonchev–Trinajstić information content (AvgIpc) is 2.66. The lowest BCUT2D eigenvalue weighted by molar-refractivity contribution is -0.149. The average molecular weight is 262 g/mol. The summed E-state index contributed by atoms with van der Waals surface area (Å²) in [6, 6.07) is 0. The van der Waals surface area contributed by atoms with Gasteiger partial charge in [-0.25, -0.2) is 13.2 Å². The van der Waals surface area contributed by atoms with Gasteiger partial charge in [0.2, 0.25) is 5.67 Å². The van der Waals surface area contributed by atoms with E-state index in [0.29, 0.717) is 6.42 Å². The number of hydrogen-bond donors (Lipinski definition) is 1. The molecule has 1 aliphatic carbocycles. The second kappa shape index (κ2) is 3.19. The number of halogens is 3. The van der Waals surface area contributed by atoms with Crippen LogP contribution in [-0.4, -0.2) is 53.4 Å². The zero-order chi connectivity index (χ0) is 13.2. The Balaban J connectivity index is 1.83. The van der Waals surface area contributed by atoms with Gasteiger partial charge in [0.1, 0.15) is 0 Å². The summed E-state index contributed by atoms with van der Waals surface area (Å²) in [5, 5.41) is 2.11. The Bertz CT molecular complexity index is 440. The van der Waals surface area contributed by atoms with Crippen LogP contribution in [0.5, 0.6) is 0 Å². The number of hydrogen-bond acceptors (Lipinski definition) is 2. The third-order valence-corrected chi connectivity index (χ3v) is 4.27. The first-order valence-electron chi connectivity index (χ1n) is 5.95. The van der Waals surface area contributed by atoms with Gasteiger partial charge in [-0.05, 0) is 19.3 Å². The van der Waals surface area contributed by atoms with Crippen LogP contribution >= 0.6 is 0 Å². The second-order valence-corrected chi connectivity index (χ2v) is 5.43. The maximum absolute atomic E-state index is 14.3. The molecule has 1 N–H and O–H groups in total. The van der Waals surface area contributed by atoms with Crippen LogP contribution in [0.25, 0.3) is 0 Å². The fraction of sp³-hybridized carbons (Fsp3) is 0.818. The van der Waals surface area contributed by atoms with Crippen molar-refractivity contribution in [3.63, 3.8) is 0 Å². The molecular weight excluding hydrogens is 249 g/mol. The molecule has 0 aromatic rings. The Morgan fingerprint density at radius 3 is 2.39 bits per heavy atom. The summed E-state index contributed by atoms with van der Waals surface area (Å²) in [7, 11) is 0. The summed E-state index contributed by atoms with van der Waals surface area (Å²) in [5.74, 6) is -1.94. The second-order valence-electron chi connectivity index (χ2n) is 5.43. The number of likely N-dealkylation sites (tertiary alicyclic amines) is 1. The fourth-order valence-corrected chi connectivity index (χ4v) is 2.85. The van der Waals surface area contributed by atoms with Crippen molar-refractivity contribution in [3.8, 4) is 0 Å². The standard InChI is InChI=1S/C11H13F3N2O2/c12-9(2-1-3-9)8(18)16-5-10(13)4-15-7(17)11(10,14)6-16/h1-6H2,(H,15,17)/t10-,11-/m0/s1. The third-order valence-electron chi connectivity index (χ3n) is 4.27. The van der Waals surface area contributed by atoms with Gasteiger partial charge in [-0.3, -0.25) is 9.59 Å². The van der Waals surface area contributed by atoms with Crippen molar-refractivity contribution < 1.29 is 22.8 Å². The van der Waals surface area contributed by atoms with E-state index in [4.69, 9.17) is 0 Å². The number of alkyl halides is 3. The molecule has 3 rings (SSSR count). The molecule has 0 bridgehead atoms. The molecule has 3 fully saturated rings. The van der Waals surface area contributed by atoms with E-state index in [0.717, 1.165) is 4.90 Å². The Hall–Kier alpha value is -1.27. The van der Waals surface area contributed by atoms with Crippen molar-refractivity contribution >= 4 is 11.8 Å². The molecule has 7 heteroatoms. The van der Waals surface area contributed by atoms with E-state index < -0.39 is 48.5 Å². The normalized spacial score (nSPS) is 41.3. The Kier molecular flexibility index (Phi) is 2.09. The van der Waals surface area contributed by atoms with Crippen molar-refractivity contribution in [1.82, 2.24) is 10.2 Å². The number of nitrogens with one attached hydrogen (secondary N) is 1. The van der Waals surface area contributed by atoms with Crippen molar-refractivity contribution in [1.29, 1.82) is 0 Å². The van der Waals surface area contributed by atoms with Crippen LogP contribution in [0, 0.1) is 0 Å². The molecule has 1 saturated carbocycles. The number of carbonyl (C=O) groups is 2. The van der Waals surface area contributed by atoms with E-state index in [-0.39, 0.29) is 12.8 Å². The Labute approximate surface area is 102 Å². The fourth-order valence-electron chi connectivity index (χ4n) is 2.85. The number of nitrogens with zero attached hydrogens (tertiary/aromatic N) is 1. The van der Waals surface area contributed by atoms with Gasteiger partial charge in [-0.1, -0.05) is 0 Å². The molecule has 0 spiro atoms. The van der Waals surface area contributed by atoms with Gasteiger partial charge in [0.05, 0.1) is 19.6 Å². The van der Waals surface area contributed by atoms with Gasteiger partial charge in [-0.15, -0.1) is 0 Å². The molecule has 2 amide bonds. The van der Waals surface area contributed by atoms with Crippen LogP contribution in [-0.2, 0) is 9.59 Å². The van der Waals surface area contributed by atoms with E-state index in [2.05, 4.69) is 5.32 Å². The highest BCUT2D eigenvalue weighted by molar-refractivity contribution is 5.93. The minimum atomic E-state index is -2.73. The highest BCUT2D eigenvalue weighted by Crippen LogP contribution is 2.45. The summed E-state index contributed by atoms with van der Waals surface area (Å²) in [6.45, 7) is -1.72. The molecule has 100 valence electrons. The molecule has 0 aromatic carbocycles. The summed E-state index contributed by atoms with van der Waals surface area (Å²) in [5.41, 5.74) is -7.15. The molecule has 0 aromatic heterocycles. The van der Waals surface area contributed by atoms with Gasteiger partial charge in [0.25, 0.3) is 11.8 Å². The number of amides is 2. The van der Waals surface area contributed by atoms with Crippen LogP contribution < -0.4 is 5.32 Å². The van der Waals surface area contributed by atoms with Gasteiger partial charge in [-0.2, -0.15) is 0 Å². The predicted octanol–water partition coefficient (Wildman–Crippen LogP) is 0.267. The van der Waals surface area contributed by atoms with Gasteiger partial charge in [0.15, 0.2) is 11.3 Å². The molecule has 4 nitrogen and oxygen atoms in total. The van der Waals surface area contributed by atoms with E-state index in [9.17, 15) is 22.8 Å². The van der Waals surface area contributed by atoms with Crippen LogP contribution in [0.1, 0.15) is 19.3 Å². The zero-order valence-electron chi connectivity index (χ0n) is 9.64. The maximum Gasteiger partial charge on any atom is 0.263 e. The molecule has 2 heterocycles. The van der Waals surface area contributed by atoms with Crippen LogP contribution in [0.4, 0.5) is 13.2 Å². The monoisotopic (exact) mass is 262 g/mol. The Morgan fingerprint density at radius 1 is 1.22 bits per heavy atom. The molecular formula is C11H13F3N2O2. The van der Waals surface area contributed by atoms with Gasteiger partial charge >= 0.3 is 0 Å². The minimum Gasteiger partial charge on any atom is -0.350 e. The Morgan fingerprint density at radius 2 is 1.89 bits per heavy atom. The van der Waals surface area contributed by atoms with E-state index >= 15 is 0 Å². The van der Waals surface area contributed by atoms with Crippen LogP contribution in [0.2, 0.25) is 0 Å². The molecule has 3 aliphatic rings. The van der Waals surface area contributed by atoms with E-state index in [1.54, 1.807) is 0 Å². The number of carbonyl (C=O) groups excluding carboxylic acids is 2. The summed E-state index contributed by atoms with van der Waals surface area (Å²) in [4.78, 5) is 24.0. The maximum atomic E-state index is 14.3. The van der Waals surface area contributed by atoms with Gasteiger partial charge < -0.3 is 10.2 Å². The van der Waals surface area contributed by atoms with Gasteiger partial charge in [0, 0.05) is 0 Å². The quantitative estimate of drug-likeness (QED) is 0.737. The third kappa shape index (κ3) is 1.22. The molecule has 2 aliphatic heterocycles. The number of rotatable bonds is 1. The first-order chi connectivity index (χ1) is 8.31. The van der Waals surface area contributed by atoms with Crippen molar-refractivity contribution in [2.75, 3.05) is 19.6 Å². The first kappa shape index (κ1) is 11.8. The molecule has 2 atom stereocenters. The van der Waals surface area contributed by atoms with Crippen molar-refractivity contribution in [2.24, 2.45) is 0 Å². The highest BCUT2D eigenvalue weighted by Gasteiger charge is 2.70. The summed E-state index contributed by atoms with van der Waals surface area (Å²) < 4.78 is 42.5. The summed E-state index contributed by atoms with van der Waals surface area (Å²) >= 11 is 0. The van der Waals surface area contributed by atoms with Crippen LogP contribution in [0.15, 0.2) is 0 Å². The largest absolute Gasteiger partial charge is 0.350 e. The van der Waals surface area contributed by atoms with Crippen molar-refractivity contribution in [2.45, 2.75) is 36.3 Å².